The normalized spacial score (nSPS) is 19.0. The fourth-order valence-corrected chi connectivity index (χ4v) is 3.59. The summed E-state index contributed by atoms with van der Waals surface area (Å²) in [5.74, 6) is -0.569. The van der Waals surface area contributed by atoms with Gasteiger partial charge in [0.15, 0.2) is 0 Å². The molecule has 3 N–H and O–H groups in total. The summed E-state index contributed by atoms with van der Waals surface area (Å²) in [5, 5.41) is 6.72. The molecule has 0 aliphatic carbocycles. The predicted octanol–water partition coefficient (Wildman–Crippen LogP) is -0.399. The van der Waals surface area contributed by atoms with E-state index in [1.54, 1.807) is 24.3 Å². The number of sulfonamides is 1. The lowest BCUT2D eigenvalue weighted by molar-refractivity contribution is -0.121. The number of pyridine rings is 1. The fourth-order valence-electron chi connectivity index (χ4n) is 2.39. The Bertz CT molecular complexity index is 795. The molecule has 1 saturated heterocycles. The van der Waals surface area contributed by atoms with Crippen molar-refractivity contribution >= 4 is 26.8 Å². The highest BCUT2D eigenvalue weighted by atomic mass is 32.2. The number of para-hydroxylation sites is 1. The first kappa shape index (κ1) is 14.9. The first-order valence-electron chi connectivity index (χ1n) is 6.92. The van der Waals surface area contributed by atoms with Gasteiger partial charge in [-0.15, -0.1) is 0 Å². The number of rotatable bonds is 3. The minimum absolute atomic E-state index is 0.00252. The zero-order chi connectivity index (χ0) is 15.6. The van der Waals surface area contributed by atoms with Gasteiger partial charge < -0.3 is 10.6 Å². The highest BCUT2D eigenvalue weighted by molar-refractivity contribution is 7.90. The Labute approximate surface area is 128 Å². The molecule has 22 heavy (non-hydrogen) atoms. The number of hydrogen-bond donors (Lipinski definition) is 3. The van der Waals surface area contributed by atoms with Gasteiger partial charge in [-0.2, -0.15) is 0 Å². The van der Waals surface area contributed by atoms with Gasteiger partial charge in [-0.25, -0.2) is 13.1 Å². The van der Waals surface area contributed by atoms with E-state index < -0.39 is 22.0 Å². The Hall–Kier alpha value is -2.03. The molecule has 0 spiro atoms. The fraction of sp³-hybridized carbons (Fsp3) is 0.286. The summed E-state index contributed by atoms with van der Waals surface area (Å²) in [6.45, 7) is 1.77. The van der Waals surface area contributed by atoms with Gasteiger partial charge in [-0.3, -0.25) is 9.78 Å². The molecule has 2 heterocycles. The summed E-state index contributed by atoms with van der Waals surface area (Å²) in [6, 6.07) is 7.79. The van der Waals surface area contributed by atoms with Crippen molar-refractivity contribution in [3.05, 3.63) is 36.5 Å². The Morgan fingerprint density at radius 2 is 2.05 bits per heavy atom. The molecular weight excluding hydrogens is 304 g/mol. The van der Waals surface area contributed by atoms with E-state index in [2.05, 4.69) is 20.3 Å². The van der Waals surface area contributed by atoms with Gasteiger partial charge >= 0.3 is 0 Å². The molecule has 1 aliphatic rings. The third-order valence-electron chi connectivity index (χ3n) is 3.48. The van der Waals surface area contributed by atoms with Crippen LogP contribution in [0.25, 0.3) is 10.9 Å². The molecule has 0 bridgehead atoms. The molecule has 8 heteroatoms. The van der Waals surface area contributed by atoms with Gasteiger partial charge in [-0.05, 0) is 12.1 Å². The number of nitrogens with one attached hydrogen (secondary N) is 3. The molecule has 2 aromatic rings. The minimum Gasteiger partial charge on any atom is -0.313 e. The summed E-state index contributed by atoms with van der Waals surface area (Å²) in [5.41, 5.74) is 0.347. The van der Waals surface area contributed by atoms with E-state index in [0.29, 0.717) is 24.0 Å². The molecular formula is C14H16N4O3S. The molecule has 1 fully saturated rings. The third kappa shape index (κ3) is 2.94. The number of hydrogen-bond acceptors (Lipinski definition) is 6. The van der Waals surface area contributed by atoms with Gasteiger partial charge in [0.1, 0.15) is 10.9 Å². The summed E-state index contributed by atoms with van der Waals surface area (Å²) in [4.78, 5) is 16.2. The molecule has 0 saturated carbocycles. The Balaban J connectivity index is 1.90. The van der Waals surface area contributed by atoms with E-state index in [4.69, 9.17) is 0 Å². The summed E-state index contributed by atoms with van der Waals surface area (Å²) in [6.07, 6.45) is 1.52. The Morgan fingerprint density at radius 1 is 1.23 bits per heavy atom. The molecule has 1 amide bonds. The Kier molecular flexibility index (Phi) is 4.06. The van der Waals surface area contributed by atoms with E-state index in [0.717, 1.165) is 6.54 Å². The van der Waals surface area contributed by atoms with Gasteiger partial charge in [0, 0.05) is 31.2 Å². The lowest BCUT2D eigenvalue weighted by atomic mass is 10.2. The summed E-state index contributed by atoms with van der Waals surface area (Å²) >= 11 is 0. The number of carbonyl (C=O) groups is 1. The largest absolute Gasteiger partial charge is 0.313 e. The van der Waals surface area contributed by atoms with Crippen LogP contribution in [0, 0.1) is 0 Å². The van der Waals surface area contributed by atoms with Crippen LogP contribution in [0.4, 0.5) is 0 Å². The molecule has 1 aromatic carbocycles. The molecule has 3 rings (SSSR count). The Morgan fingerprint density at radius 3 is 2.82 bits per heavy atom. The van der Waals surface area contributed by atoms with Gasteiger partial charge in [-0.1, -0.05) is 18.2 Å². The number of fused-ring (bicyclic) bond motifs is 1. The molecule has 1 unspecified atom stereocenters. The van der Waals surface area contributed by atoms with Gasteiger partial charge in [0.2, 0.25) is 0 Å². The first-order valence-corrected chi connectivity index (χ1v) is 8.41. The predicted molar refractivity (Wildman–Crippen MR) is 81.7 cm³/mol. The first-order chi connectivity index (χ1) is 10.6. The highest BCUT2D eigenvalue weighted by Gasteiger charge is 2.26. The summed E-state index contributed by atoms with van der Waals surface area (Å²) < 4.78 is 27.1. The number of amides is 1. The standard InChI is InChI=1S/C14H16N4O3S/c19-14(11-9-15-7-8-16-11)18-22(20,21)12-5-1-3-10-4-2-6-17-13(10)12/h1-6,11,15-16H,7-9H2,(H,18,19). The van der Waals surface area contributed by atoms with Gasteiger partial charge in [0.05, 0.1) is 5.52 Å². The molecule has 1 aliphatic heterocycles. The molecule has 1 atom stereocenters. The lowest BCUT2D eigenvalue weighted by Crippen LogP contribution is -2.56. The highest BCUT2D eigenvalue weighted by Crippen LogP contribution is 2.20. The maximum atomic E-state index is 12.5. The lowest BCUT2D eigenvalue weighted by Gasteiger charge is -2.23. The maximum Gasteiger partial charge on any atom is 0.266 e. The molecule has 0 radical (unpaired) electrons. The van der Waals surface area contributed by atoms with Crippen molar-refractivity contribution in [2.75, 3.05) is 19.6 Å². The number of piperazine rings is 1. The van der Waals surface area contributed by atoms with Crippen molar-refractivity contribution < 1.29 is 13.2 Å². The number of aromatic nitrogens is 1. The van der Waals surface area contributed by atoms with Crippen LogP contribution in [0.1, 0.15) is 0 Å². The molecule has 1 aromatic heterocycles. The van der Waals surface area contributed by atoms with E-state index in [1.165, 1.54) is 12.3 Å². The summed E-state index contributed by atoms with van der Waals surface area (Å²) in [7, 11) is -3.97. The quantitative estimate of drug-likeness (QED) is 0.712. The topological polar surface area (TPSA) is 100 Å². The monoisotopic (exact) mass is 320 g/mol. The van der Waals surface area contributed by atoms with E-state index in [1.807, 2.05) is 0 Å². The van der Waals surface area contributed by atoms with Crippen molar-refractivity contribution in [1.82, 2.24) is 20.3 Å². The second kappa shape index (κ2) is 5.99. The second-order valence-corrected chi connectivity index (χ2v) is 6.66. The average Bonchev–Trinajstić information content (AvgIpc) is 2.54. The van der Waals surface area contributed by atoms with Crippen molar-refractivity contribution in [1.29, 1.82) is 0 Å². The molecule has 7 nitrogen and oxygen atoms in total. The smallest absolute Gasteiger partial charge is 0.266 e. The zero-order valence-corrected chi connectivity index (χ0v) is 12.6. The van der Waals surface area contributed by atoms with Crippen LogP contribution >= 0.6 is 0 Å². The van der Waals surface area contributed by atoms with E-state index >= 15 is 0 Å². The SMILES string of the molecule is O=C(NS(=O)(=O)c1cccc2cccnc12)C1CNCCN1. The number of benzene rings is 1. The zero-order valence-electron chi connectivity index (χ0n) is 11.7. The van der Waals surface area contributed by atoms with Crippen LogP contribution in [0.3, 0.4) is 0 Å². The third-order valence-corrected chi connectivity index (χ3v) is 4.86. The van der Waals surface area contributed by atoms with Crippen molar-refractivity contribution in [3.63, 3.8) is 0 Å². The number of carbonyl (C=O) groups excluding carboxylic acids is 1. The molecule has 116 valence electrons. The van der Waals surface area contributed by atoms with E-state index in [9.17, 15) is 13.2 Å². The second-order valence-electron chi connectivity index (χ2n) is 5.01. The number of nitrogens with zero attached hydrogens (tertiary/aromatic N) is 1. The van der Waals surface area contributed by atoms with Crippen molar-refractivity contribution in [2.45, 2.75) is 10.9 Å². The minimum atomic E-state index is -3.97. The van der Waals surface area contributed by atoms with Crippen molar-refractivity contribution in [2.24, 2.45) is 0 Å². The van der Waals surface area contributed by atoms with Crippen LogP contribution in [0.2, 0.25) is 0 Å². The van der Waals surface area contributed by atoms with Crippen LogP contribution in [0.5, 0.6) is 0 Å². The average molecular weight is 320 g/mol. The van der Waals surface area contributed by atoms with Crippen LogP contribution in [-0.2, 0) is 14.8 Å². The van der Waals surface area contributed by atoms with Crippen LogP contribution in [0.15, 0.2) is 41.4 Å². The van der Waals surface area contributed by atoms with Crippen LogP contribution in [-0.4, -0.2) is 45.0 Å². The van der Waals surface area contributed by atoms with Crippen molar-refractivity contribution in [3.8, 4) is 0 Å². The van der Waals surface area contributed by atoms with Crippen LogP contribution < -0.4 is 15.4 Å². The van der Waals surface area contributed by atoms with E-state index in [-0.39, 0.29) is 4.90 Å². The maximum absolute atomic E-state index is 12.5. The van der Waals surface area contributed by atoms with Gasteiger partial charge in [0.25, 0.3) is 15.9 Å².